The third kappa shape index (κ3) is 2.95. The Balaban J connectivity index is 1.89. The number of imidazole rings is 1. The van der Waals surface area contributed by atoms with Crippen molar-refractivity contribution in [1.29, 1.82) is 0 Å². The van der Waals surface area contributed by atoms with Gasteiger partial charge in [-0.15, -0.1) is 0 Å². The Morgan fingerprint density at radius 3 is 2.81 bits per heavy atom. The summed E-state index contributed by atoms with van der Waals surface area (Å²) in [7, 11) is 2.03. The molecule has 1 aromatic carbocycles. The van der Waals surface area contributed by atoms with Gasteiger partial charge in [-0.05, 0) is 18.7 Å². The summed E-state index contributed by atoms with van der Waals surface area (Å²) in [5, 5.41) is 4.68. The molecule has 0 amide bonds. The van der Waals surface area contributed by atoms with Crippen molar-refractivity contribution in [2.24, 2.45) is 7.05 Å². The van der Waals surface area contributed by atoms with Crippen LogP contribution in [0.2, 0.25) is 0 Å². The standard InChI is InChI=1S/C17H20N4/c1-3-18-16(17-19-10-11-21(17)2)12-14-9-8-13-6-4-5-7-15(13)20-14/h4-11,16,18H,3,12H2,1-2H3. The lowest BCUT2D eigenvalue weighted by molar-refractivity contribution is 0.502. The van der Waals surface area contributed by atoms with Crippen LogP contribution in [0.1, 0.15) is 24.5 Å². The minimum atomic E-state index is 0.184. The van der Waals surface area contributed by atoms with Gasteiger partial charge in [0.25, 0.3) is 0 Å². The molecule has 108 valence electrons. The minimum absolute atomic E-state index is 0.184. The molecule has 1 unspecified atom stereocenters. The molecule has 3 rings (SSSR count). The van der Waals surface area contributed by atoms with Crippen molar-refractivity contribution in [1.82, 2.24) is 19.9 Å². The Labute approximate surface area is 124 Å². The first-order chi connectivity index (χ1) is 10.3. The number of likely N-dealkylation sites (N-methyl/N-ethyl adjacent to an activating group) is 1. The lowest BCUT2D eigenvalue weighted by Crippen LogP contribution is -2.26. The highest BCUT2D eigenvalue weighted by Gasteiger charge is 2.16. The Bertz CT molecular complexity index is 732. The van der Waals surface area contributed by atoms with Gasteiger partial charge in [0.05, 0.1) is 11.6 Å². The van der Waals surface area contributed by atoms with Crippen LogP contribution in [0.3, 0.4) is 0 Å². The fraction of sp³-hybridized carbons (Fsp3) is 0.294. The first-order valence-corrected chi connectivity index (χ1v) is 7.33. The molecule has 0 fully saturated rings. The highest BCUT2D eigenvalue weighted by atomic mass is 15.1. The van der Waals surface area contributed by atoms with E-state index in [0.717, 1.165) is 30.0 Å². The molecule has 0 aliphatic rings. The first-order valence-electron chi connectivity index (χ1n) is 7.33. The summed E-state index contributed by atoms with van der Waals surface area (Å²) in [6.07, 6.45) is 4.66. The number of fused-ring (bicyclic) bond motifs is 1. The van der Waals surface area contributed by atoms with Crippen LogP contribution < -0.4 is 5.32 Å². The van der Waals surface area contributed by atoms with Gasteiger partial charge in [0.1, 0.15) is 5.82 Å². The van der Waals surface area contributed by atoms with E-state index in [2.05, 4.69) is 46.1 Å². The maximum Gasteiger partial charge on any atom is 0.125 e. The first kappa shape index (κ1) is 13.8. The third-order valence-corrected chi connectivity index (χ3v) is 3.69. The summed E-state index contributed by atoms with van der Waals surface area (Å²) < 4.78 is 2.06. The van der Waals surface area contributed by atoms with Crippen LogP contribution in [0.25, 0.3) is 10.9 Å². The number of pyridine rings is 1. The summed E-state index contributed by atoms with van der Waals surface area (Å²) in [5.74, 6) is 1.05. The Morgan fingerprint density at radius 1 is 1.19 bits per heavy atom. The molecular weight excluding hydrogens is 260 g/mol. The summed E-state index contributed by atoms with van der Waals surface area (Å²) in [6.45, 7) is 3.02. The van der Waals surface area contributed by atoms with Gasteiger partial charge in [0.15, 0.2) is 0 Å². The maximum atomic E-state index is 4.76. The second kappa shape index (κ2) is 6.06. The van der Waals surface area contributed by atoms with Gasteiger partial charge in [0.2, 0.25) is 0 Å². The normalized spacial score (nSPS) is 12.7. The topological polar surface area (TPSA) is 42.7 Å². The smallest absolute Gasteiger partial charge is 0.125 e. The number of hydrogen-bond donors (Lipinski definition) is 1. The van der Waals surface area contributed by atoms with Gasteiger partial charge in [0, 0.05) is 36.9 Å². The van der Waals surface area contributed by atoms with Crippen molar-refractivity contribution in [2.75, 3.05) is 6.54 Å². The zero-order valence-electron chi connectivity index (χ0n) is 12.5. The largest absolute Gasteiger partial charge is 0.337 e. The van der Waals surface area contributed by atoms with Crippen molar-refractivity contribution < 1.29 is 0 Å². The van der Waals surface area contributed by atoms with E-state index in [1.165, 1.54) is 5.39 Å². The van der Waals surface area contributed by atoms with Crippen molar-refractivity contribution in [3.63, 3.8) is 0 Å². The molecule has 4 nitrogen and oxygen atoms in total. The van der Waals surface area contributed by atoms with Crippen molar-refractivity contribution >= 4 is 10.9 Å². The van der Waals surface area contributed by atoms with Crippen LogP contribution in [0.5, 0.6) is 0 Å². The fourth-order valence-corrected chi connectivity index (χ4v) is 2.65. The van der Waals surface area contributed by atoms with Gasteiger partial charge in [-0.3, -0.25) is 4.98 Å². The molecule has 1 atom stereocenters. The van der Waals surface area contributed by atoms with Crippen molar-refractivity contribution in [3.05, 3.63) is 60.3 Å². The fourth-order valence-electron chi connectivity index (χ4n) is 2.65. The maximum absolute atomic E-state index is 4.76. The molecule has 0 saturated heterocycles. The van der Waals surface area contributed by atoms with Crippen LogP contribution in [0.15, 0.2) is 48.8 Å². The summed E-state index contributed by atoms with van der Waals surface area (Å²) >= 11 is 0. The van der Waals surface area contributed by atoms with Crippen LogP contribution >= 0.6 is 0 Å². The van der Waals surface area contributed by atoms with Crippen LogP contribution in [-0.2, 0) is 13.5 Å². The molecular formula is C17H20N4. The van der Waals surface area contributed by atoms with Gasteiger partial charge in [-0.2, -0.15) is 0 Å². The van der Waals surface area contributed by atoms with Gasteiger partial charge < -0.3 is 9.88 Å². The molecule has 0 aliphatic heterocycles. The molecule has 0 spiro atoms. The van der Waals surface area contributed by atoms with E-state index in [4.69, 9.17) is 4.98 Å². The second-order valence-electron chi connectivity index (χ2n) is 5.21. The molecule has 3 aromatic rings. The monoisotopic (exact) mass is 280 g/mol. The minimum Gasteiger partial charge on any atom is -0.337 e. The van der Waals surface area contributed by atoms with Crippen LogP contribution in [0.4, 0.5) is 0 Å². The molecule has 0 bridgehead atoms. The third-order valence-electron chi connectivity index (χ3n) is 3.69. The number of nitrogens with zero attached hydrogens (tertiary/aromatic N) is 3. The van der Waals surface area contributed by atoms with E-state index in [1.54, 1.807) is 0 Å². The molecule has 21 heavy (non-hydrogen) atoms. The van der Waals surface area contributed by atoms with E-state index < -0.39 is 0 Å². The molecule has 4 heteroatoms. The van der Waals surface area contributed by atoms with E-state index >= 15 is 0 Å². The van der Waals surface area contributed by atoms with Gasteiger partial charge in [-0.1, -0.05) is 31.2 Å². The van der Waals surface area contributed by atoms with Crippen molar-refractivity contribution in [3.8, 4) is 0 Å². The average molecular weight is 280 g/mol. The lowest BCUT2D eigenvalue weighted by atomic mass is 10.1. The van der Waals surface area contributed by atoms with E-state index in [9.17, 15) is 0 Å². The van der Waals surface area contributed by atoms with Crippen LogP contribution in [0, 0.1) is 0 Å². The van der Waals surface area contributed by atoms with E-state index in [-0.39, 0.29) is 6.04 Å². The lowest BCUT2D eigenvalue weighted by Gasteiger charge is -2.17. The summed E-state index contributed by atoms with van der Waals surface area (Å²) in [5.41, 5.74) is 2.13. The number of aromatic nitrogens is 3. The Morgan fingerprint density at radius 2 is 2.05 bits per heavy atom. The highest BCUT2D eigenvalue weighted by Crippen LogP contribution is 2.18. The van der Waals surface area contributed by atoms with Crippen LogP contribution in [-0.4, -0.2) is 21.1 Å². The van der Waals surface area contributed by atoms with E-state index in [1.807, 2.05) is 31.6 Å². The molecule has 0 aliphatic carbocycles. The average Bonchev–Trinajstić information content (AvgIpc) is 2.93. The number of hydrogen-bond acceptors (Lipinski definition) is 3. The molecule has 0 saturated carbocycles. The zero-order valence-corrected chi connectivity index (χ0v) is 12.5. The summed E-state index contributed by atoms with van der Waals surface area (Å²) in [4.78, 5) is 9.23. The Hall–Kier alpha value is -2.20. The number of para-hydroxylation sites is 1. The Kier molecular flexibility index (Phi) is 3.97. The number of nitrogens with one attached hydrogen (secondary N) is 1. The molecule has 1 N–H and O–H groups in total. The zero-order chi connectivity index (χ0) is 14.7. The molecule has 0 radical (unpaired) electrons. The van der Waals surface area contributed by atoms with Gasteiger partial charge in [-0.25, -0.2) is 4.98 Å². The molecule has 2 aromatic heterocycles. The van der Waals surface area contributed by atoms with E-state index in [0.29, 0.717) is 0 Å². The molecule has 2 heterocycles. The number of aryl methyl sites for hydroxylation is 1. The second-order valence-corrected chi connectivity index (χ2v) is 5.21. The quantitative estimate of drug-likeness (QED) is 0.781. The SMILES string of the molecule is CCNC(Cc1ccc2ccccc2n1)c1nccn1C. The van der Waals surface area contributed by atoms with Gasteiger partial charge >= 0.3 is 0 Å². The number of benzene rings is 1. The predicted octanol–water partition coefficient (Wildman–Crippen LogP) is 2.86. The predicted molar refractivity (Wildman–Crippen MR) is 85.1 cm³/mol. The van der Waals surface area contributed by atoms with Crippen molar-refractivity contribution in [2.45, 2.75) is 19.4 Å². The highest BCUT2D eigenvalue weighted by molar-refractivity contribution is 5.78. The number of rotatable bonds is 5. The summed E-state index contributed by atoms with van der Waals surface area (Å²) in [6, 6.07) is 12.6.